The van der Waals surface area contributed by atoms with Crippen LogP contribution in [0.2, 0.25) is 5.02 Å². The summed E-state index contributed by atoms with van der Waals surface area (Å²) in [5.41, 5.74) is 1.08. The van der Waals surface area contributed by atoms with Gasteiger partial charge in [-0.2, -0.15) is 0 Å². The summed E-state index contributed by atoms with van der Waals surface area (Å²) >= 11 is 6.20. The van der Waals surface area contributed by atoms with Crippen molar-refractivity contribution in [3.63, 3.8) is 0 Å². The van der Waals surface area contributed by atoms with Gasteiger partial charge in [0, 0.05) is 49.4 Å². The number of fused-ring (bicyclic) bond motifs is 1. The van der Waals surface area contributed by atoms with Crippen LogP contribution in [0.1, 0.15) is 28.8 Å². The van der Waals surface area contributed by atoms with Crippen molar-refractivity contribution in [2.24, 2.45) is 5.92 Å². The van der Waals surface area contributed by atoms with Gasteiger partial charge in [-0.1, -0.05) is 48.0 Å². The number of piperidine rings is 1. The minimum Gasteiger partial charge on any atom is -0.341 e. The number of nitro benzene ring substituents is 1. The highest BCUT2D eigenvalue weighted by atomic mass is 35.5. The minimum atomic E-state index is -0.487. The van der Waals surface area contributed by atoms with Crippen LogP contribution in [0.4, 0.5) is 5.69 Å². The number of nitro groups is 1. The molecule has 0 aromatic heterocycles. The fourth-order valence-electron chi connectivity index (χ4n) is 4.39. The summed E-state index contributed by atoms with van der Waals surface area (Å²) in [6.45, 7) is 1.10. The van der Waals surface area contributed by atoms with E-state index in [1.54, 1.807) is 11.9 Å². The standard InChI is InChI=1S/C25H24ClN3O4/c1-27(15-19-14-20(29(32)33)11-12-23(19)26)24(30)18-8-5-13-28(16-18)25(31)22-10-4-7-17-6-2-3-9-21(17)22/h2-4,6-7,9-12,14,18H,5,8,13,15-16H2,1H3. The Bertz CT molecular complexity index is 1220. The maximum absolute atomic E-state index is 13.3. The van der Waals surface area contributed by atoms with Crippen LogP contribution in [-0.2, 0) is 11.3 Å². The van der Waals surface area contributed by atoms with E-state index in [0.717, 1.165) is 17.2 Å². The van der Waals surface area contributed by atoms with Gasteiger partial charge in [0.1, 0.15) is 0 Å². The zero-order valence-corrected chi connectivity index (χ0v) is 19.0. The van der Waals surface area contributed by atoms with Gasteiger partial charge < -0.3 is 9.80 Å². The first kappa shape index (κ1) is 22.7. The van der Waals surface area contributed by atoms with E-state index >= 15 is 0 Å². The maximum Gasteiger partial charge on any atom is 0.269 e. The minimum absolute atomic E-state index is 0.0697. The van der Waals surface area contributed by atoms with E-state index in [0.29, 0.717) is 35.7 Å². The Morgan fingerprint density at radius 2 is 1.91 bits per heavy atom. The third kappa shape index (κ3) is 4.83. The van der Waals surface area contributed by atoms with Gasteiger partial charge in [0.15, 0.2) is 0 Å². The largest absolute Gasteiger partial charge is 0.341 e. The van der Waals surface area contributed by atoms with Crippen LogP contribution >= 0.6 is 11.6 Å². The van der Waals surface area contributed by atoms with Crippen molar-refractivity contribution in [1.82, 2.24) is 9.80 Å². The molecule has 8 heteroatoms. The molecule has 0 aliphatic carbocycles. The van der Waals surface area contributed by atoms with Crippen LogP contribution in [0, 0.1) is 16.0 Å². The zero-order valence-electron chi connectivity index (χ0n) is 18.2. The van der Waals surface area contributed by atoms with Crippen LogP contribution in [-0.4, -0.2) is 46.7 Å². The van der Waals surface area contributed by atoms with Crippen LogP contribution in [0.3, 0.4) is 0 Å². The van der Waals surface area contributed by atoms with E-state index in [1.165, 1.54) is 23.1 Å². The van der Waals surface area contributed by atoms with Gasteiger partial charge >= 0.3 is 0 Å². The molecule has 4 rings (SSSR count). The van der Waals surface area contributed by atoms with Crippen molar-refractivity contribution < 1.29 is 14.5 Å². The average molecular weight is 466 g/mol. The molecule has 7 nitrogen and oxygen atoms in total. The topological polar surface area (TPSA) is 83.8 Å². The lowest BCUT2D eigenvalue weighted by atomic mass is 9.95. The normalized spacial score (nSPS) is 15.9. The SMILES string of the molecule is CN(Cc1cc([N+](=O)[O-])ccc1Cl)C(=O)C1CCCN(C(=O)c2cccc3ccccc23)C1. The molecule has 1 saturated heterocycles. The molecule has 0 bridgehead atoms. The Hall–Kier alpha value is -3.45. The molecule has 3 aromatic carbocycles. The van der Waals surface area contributed by atoms with E-state index in [9.17, 15) is 19.7 Å². The van der Waals surface area contributed by atoms with Crippen LogP contribution < -0.4 is 0 Å². The fraction of sp³-hybridized carbons (Fsp3) is 0.280. The van der Waals surface area contributed by atoms with Gasteiger partial charge in [-0.05, 0) is 41.3 Å². The van der Waals surface area contributed by atoms with E-state index in [2.05, 4.69) is 0 Å². The Balaban J connectivity index is 1.48. The van der Waals surface area contributed by atoms with Crippen LogP contribution in [0.5, 0.6) is 0 Å². The molecule has 1 unspecified atom stereocenters. The summed E-state index contributed by atoms with van der Waals surface area (Å²) in [6.07, 6.45) is 1.42. The number of likely N-dealkylation sites (tertiary alicyclic amines) is 1. The molecule has 33 heavy (non-hydrogen) atoms. The first-order valence-corrected chi connectivity index (χ1v) is 11.2. The molecule has 1 atom stereocenters. The highest BCUT2D eigenvalue weighted by Gasteiger charge is 2.31. The van der Waals surface area contributed by atoms with Gasteiger partial charge in [-0.15, -0.1) is 0 Å². The number of amides is 2. The number of hydrogen-bond acceptors (Lipinski definition) is 4. The Morgan fingerprint density at radius 1 is 1.15 bits per heavy atom. The number of benzene rings is 3. The lowest BCUT2D eigenvalue weighted by Crippen LogP contribution is -2.45. The highest BCUT2D eigenvalue weighted by Crippen LogP contribution is 2.27. The number of hydrogen-bond donors (Lipinski definition) is 0. The molecule has 1 aliphatic rings. The summed E-state index contributed by atoms with van der Waals surface area (Å²) < 4.78 is 0. The van der Waals surface area contributed by atoms with Crippen molar-refractivity contribution in [3.8, 4) is 0 Å². The maximum atomic E-state index is 13.3. The van der Waals surface area contributed by atoms with Crippen molar-refractivity contribution in [1.29, 1.82) is 0 Å². The monoisotopic (exact) mass is 465 g/mol. The molecule has 0 saturated carbocycles. The summed E-state index contributed by atoms with van der Waals surface area (Å²) in [5, 5.41) is 13.3. The molecule has 170 valence electrons. The third-order valence-corrected chi connectivity index (χ3v) is 6.47. The highest BCUT2D eigenvalue weighted by molar-refractivity contribution is 6.31. The lowest BCUT2D eigenvalue weighted by Gasteiger charge is -2.34. The second-order valence-corrected chi connectivity index (χ2v) is 8.75. The fourth-order valence-corrected chi connectivity index (χ4v) is 4.56. The summed E-state index contributed by atoms with van der Waals surface area (Å²) in [4.78, 5) is 40.3. The summed E-state index contributed by atoms with van der Waals surface area (Å²) in [5.74, 6) is -0.512. The molecule has 0 radical (unpaired) electrons. The van der Waals surface area contributed by atoms with Gasteiger partial charge in [0.25, 0.3) is 11.6 Å². The lowest BCUT2D eigenvalue weighted by molar-refractivity contribution is -0.384. The smallest absolute Gasteiger partial charge is 0.269 e. The molecular weight excluding hydrogens is 442 g/mol. The molecule has 2 amide bonds. The number of non-ortho nitro benzene ring substituents is 1. The van der Waals surface area contributed by atoms with Crippen LogP contribution in [0.25, 0.3) is 10.8 Å². The number of carbonyl (C=O) groups excluding carboxylic acids is 2. The number of nitrogens with zero attached hydrogens (tertiary/aromatic N) is 3. The first-order valence-electron chi connectivity index (χ1n) is 10.8. The zero-order chi connectivity index (χ0) is 23.5. The van der Waals surface area contributed by atoms with Gasteiger partial charge in [0.05, 0.1) is 10.8 Å². The Labute approximate surface area is 196 Å². The quantitative estimate of drug-likeness (QED) is 0.395. The van der Waals surface area contributed by atoms with E-state index in [1.807, 2.05) is 42.5 Å². The Morgan fingerprint density at radius 3 is 2.70 bits per heavy atom. The van der Waals surface area contributed by atoms with Crippen molar-refractivity contribution in [2.45, 2.75) is 19.4 Å². The predicted molar refractivity (Wildman–Crippen MR) is 127 cm³/mol. The van der Waals surface area contributed by atoms with Gasteiger partial charge in [-0.3, -0.25) is 19.7 Å². The average Bonchev–Trinajstić information content (AvgIpc) is 2.84. The van der Waals surface area contributed by atoms with E-state index in [-0.39, 0.29) is 30.0 Å². The molecular formula is C25H24ClN3O4. The predicted octanol–water partition coefficient (Wildman–Crippen LogP) is 4.91. The number of carbonyl (C=O) groups is 2. The molecule has 1 fully saturated rings. The third-order valence-electron chi connectivity index (χ3n) is 6.10. The second-order valence-electron chi connectivity index (χ2n) is 8.34. The molecule has 1 heterocycles. The molecule has 0 spiro atoms. The Kier molecular flexibility index (Phi) is 6.60. The molecule has 3 aromatic rings. The number of rotatable bonds is 5. The number of halogens is 1. The van der Waals surface area contributed by atoms with Gasteiger partial charge in [0.2, 0.25) is 5.91 Å². The van der Waals surface area contributed by atoms with E-state index in [4.69, 9.17) is 11.6 Å². The van der Waals surface area contributed by atoms with Crippen molar-refractivity contribution in [3.05, 3.63) is 86.9 Å². The van der Waals surface area contributed by atoms with Crippen molar-refractivity contribution in [2.75, 3.05) is 20.1 Å². The molecule has 0 N–H and O–H groups in total. The van der Waals surface area contributed by atoms with Crippen LogP contribution in [0.15, 0.2) is 60.7 Å². The van der Waals surface area contributed by atoms with Crippen molar-refractivity contribution >= 4 is 39.9 Å². The molecule has 1 aliphatic heterocycles. The first-order chi connectivity index (χ1) is 15.8. The van der Waals surface area contributed by atoms with E-state index < -0.39 is 4.92 Å². The second kappa shape index (κ2) is 9.58. The summed E-state index contributed by atoms with van der Waals surface area (Å²) in [7, 11) is 1.66. The summed E-state index contributed by atoms with van der Waals surface area (Å²) in [6, 6.07) is 17.6. The van der Waals surface area contributed by atoms with Gasteiger partial charge in [-0.25, -0.2) is 0 Å².